The molecule has 0 radical (unpaired) electrons. The van der Waals surface area contributed by atoms with Crippen molar-refractivity contribution in [3.63, 3.8) is 0 Å². The van der Waals surface area contributed by atoms with Crippen LogP contribution >= 0.6 is 11.3 Å². The Hall–Kier alpha value is -2.72. The Morgan fingerprint density at radius 2 is 1.32 bits per heavy atom. The lowest BCUT2D eigenvalue weighted by atomic mass is 10.3. The van der Waals surface area contributed by atoms with Gasteiger partial charge in [-0.3, -0.25) is 0 Å². The van der Waals surface area contributed by atoms with E-state index in [0.29, 0.717) is 0 Å². The number of nitrogens with one attached hydrogen (secondary N) is 1. The summed E-state index contributed by atoms with van der Waals surface area (Å²) in [6.45, 7) is 0. The maximum absolute atomic E-state index is 5.97. The molecule has 5 rings (SSSR count). The number of benzene rings is 3. The van der Waals surface area contributed by atoms with E-state index in [1.165, 1.54) is 4.70 Å². The highest BCUT2D eigenvalue weighted by Gasteiger charge is 2.07. The summed E-state index contributed by atoms with van der Waals surface area (Å²) < 4.78 is 14.3. The summed E-state index contributed by atoms with van der Waals surface area (Å²) >= 11 is 1.74. The van der Waals surface area contributed by atoms with Crippen molar-refractivity contribution in [3.05, 3.63) is 60.7 Å². The topological polar surface area (TPSA) is 42.1 Å². The Bertz CT molecular complexity index is 1000. The number of aromatic nitrogens is 1. The standard InChI is InChI=1S/C18H11NO2S/c1-4-8-17-11(5-1)19-12-9-15-16(10-18(12)22-17)21-14-7-3-2-6-13(14)20-15/h1-10,19H. The molecule has 22 heavy (non-hydrogen) atoms. The summed E-state index contributed by atoms with van der Waals surface area (Å²) in [5.41, 5.74) is 5.17. The molecule has 0 saturated heterocycles. The maximum atomic E-state index is 5.97. The fourth-order valence-corrected chi connectivity index (χ4v) is 3.66. The van der Waals surface area contributed by atoms with E-state index >= 15 is 0 Å². The second kappa shape index (κ2) is 4.39. The van der Waals surface area contributed by atoms with Crippen molar-refractivity contribution < 1.29 is 8.83 Å². The molecule has 0 aliphatic carbocycles. The lowest BCUT2D eigenvalue weighted by Crippen LogP contribution is -1.82. The van der Waals surface area contributed by atoms with E-state index in [0.717, 1.165) is 38.1 Å². The number of hydrogen-bond acceptors (Lipinski definition) is 3. The quantitative estimate of drug-likeness (QED) is 0.356. The van der Waals surface area contributed by atoms with Gasteiger partial charge in [-0.2, -0.15) is 0 Å². The molecule has 0 saturated carbocycles. The van der Waals surface area contributed by atoms with Crippen molar-refractivity contribution in [1.29, 1.82) is 0 Å². The largest absolute Gasteiger partial charge is 0.449 e. The molecule has 0 aliphatic rings. The molecule has 106 valence electrons. The summed E-state index contributed by atoms with van der Waals surface area (Å²) in [5.74, 6) is 0. The van der Waals surface area contributed by atoms with E-state index < -0.39 is 0 Å². The van der Waals surface area contributed by atoms with Crippen molar-refractivity contribution in [3.8, 4) is 0 Å². The fourth-order valence-electron chi connectivity index (χ4n) is 2.66. The molecule has 3 aromatic carbocycles. The Balaban J connectivity index is 1.93. The zero-order chi connectivity index (χ0) is 14.5. The highest BCUT2D eigenvalue weighted by Crippen LogP contribution is 2.31. The average molecular weight is 305 g/mol. The second-order valence-corrected chi connectivity index (χ2v) is 6.25. The zero-order valence-corrected chi connectivity index (χ0v) is 12.3. The molecule has 0 fully saturated rings. The van der Waals surface area contributed by atoms with Crippen LogP contribution in [0.15, 0.2) is 69.5 Å². The van der Waals surface area contributed by atoms with Gasteiger partial charge in [0.05, 0.1) is 20.4 Å². The number of rotatable bonds is 0. The summed E-state index contributed by atoms with van der Waals surface area (Å²) in [6.07, 6.45) is 0. The second-order valence-electron chi connectivity index (χ2n) is 5.17. The van der Waals surface area contributed by atoms with Crippen molar-refractivity contribution in [2.24, 2.45) is 0 Å². The van der Waals surface area contributed by atoms with Crippen LogP contribution in [0.5, 0.6) is 0 Å². The average Bonchev–Trinajstić information content (AvgIpc) is 2.56. The Labute approximate surface area is 129 Å². The first-order valence-corrected chi connectivity index (χ1v) is 7.85. The monoisotopic (exact) mass is 305 g/mol. The van der Waals surface area contributed by atoms with E-state index in [2.05, 4.69) is 17.1 Å². The molecule has 0 bridgehead atoms. The lowest BCUT2D eigenvalue weighted by Gasteiger charge is -2.05. The van der Waals surface area contributed by atoms with Gasteiger partial charge in [-0.25, -0.2) is 0 Å². The first kappa shape index (κ1) is 11.9. The number of hydrogen-bond donors (Lipinski definition) is 1. The maximum Gasteiger partial charge on any atom is 0.172 e. The minimum absolute atomic E-state index is 0.741. The van der Waals surface area contributed by atoms with Crippen molar-refractivity contribution in [2.75, 3.05) is 0 Å². The van der Waals surface area contributed by atoms with Crippen molar-refractivity contribution in [1.82, 2.24) is 4.98 Å². The third-order valence-corrected chi connectivity index (χ3v) is 4.84. The van der Waals surface area contributed by atoms with Crippen molar-refractivity contribution in [2.45, 2.75) is 0 Å². The fraction of sp³-hybridized carbons (Fsp3) is 0. The van der Waals surface area contributed by atoms with Gasteiger partial charge in [0.1, 0.15) is 0 Å². The van der Waals surface area contributed by atoms with Crippen LogP contribution < -0.4 is 0 Å². The first-order valence-electron chi connectivity index (χ1n) is 7.03. The number of fused-ring (bicyclic) bond motifs is 4. The van der Waals surface area contributed by atoms with Crippen LogP contribution in [0.4, 0.5) is 0 Å². The van der Waals surface area contributed by atoms with Gasteiger partial charge < -0.3 is 13.8 Å². The van der Waals surface area contributed by atoms with E-state index in [1.807, 2.05) is 48.5 Å². The highest BCUT2D eigenvalue weighted by atomic mass is 32.1. The summed E-state index contributed by atoms with van der Waals surface area (Å²) in [7, 11) is 0. The molecule has 0 amide bonds. The van der Waals surface area contributed by atoms with Crippen molar-refractivity contribution >= 4 is 54.1 Å². The minimum atomic E-state index is 0.741. The van der Waals surface area contributed by atoms with Crippen LogP contribution in [0.2, 0.25) is 0 Å². The lowest BCUT2D eigenvalue weighted by molar-refractivity contribution is 0.582. The predicted octanol–water partition coefficient (Wildman–Crippen LogP) is 6.00. The predicted molar refractivity (Wildman–Crippen MR) is 90.9 cm³/mol. The normalized spacial score (nSPS) is 11.6. The molecule has 4 heteroatoms. The molecule has 1 N–H and O–H groups in total. The smallest absolute Gasteiger partial charge is 0.172 e. The molecule has 3 nitrogen and oxygen atoms in total. The molecule has 0 aliphatic heterocycles. The van der Waals surface area contributed by atoms with E-state index in [-0.39, 0.29) is 0 Å². The van der Waals surface area contributed by atoms with Gasteiger partial charge in [0, 0.05) is 12.1 Å². The molecule has 0 spiro atoms. The van der Waals surface area contributed by atoms with E-state index in [4.69, 9.17) is 8.83 Å². The third-order valence-electron chi connectivity index (χ3n) is 3.71. The summed E-state index contributed by atoms with van der Waals surface area (Å²) in [4.78, 5) is 3.46. The molecule has 0 atom stereocenters. The first-order chi connectivity index (χ1) is 10.9. The van der Waals surface area contributed by atoms with Crippen LogP contribution in [0, 0.1) is 0 Å². The van der Waals surface area contributed by atoms with Crippen LogP contribution in [0.3, 0.4) is 0 Å². The van der Waals surface area contributed by atoms with Gasteiger partial charge >= 0.3 is 0 Å². The zero-order valence-electron chi connectivity index (χ0n) is 11.5. The number of para-hydroxylation sites is 3. The Morgan fingerprint density at radius 1 is 0.636 bits per heavy atom. The third kappa shape index (κ3) is 1.74. The minimum Gasteiger partial charge on any atom is -0.449 e. The van der Waals surface area contributed by atoms with Crippen LogP contribution in [-0.4, -0.2) is 4.98 Å². The van der Waals surface area contributed by atoms with E-state index in [9.17, 15) is 0 Å². The summed E-state index contributed by atoms with van der Waals surface area (Å²) in [5, 5.41) is 0. The SMILES string of the molecule is c1ccc2sc3cc4oc5ccccc5oc4cc3[nH]c2c1. The van der Waals surface area contributed by atoms with Gasteiger partial charge in [-0.1, -0.05) is 24.3 Å². The molecule has 0 unspecified atom stereocenters. The molecule has 2 heterocycles. The van der Waals surface area contributed by atoms with Gasteiger partial charge in [-0.05, 0) is 24.3 Å². The summed E-state index contributed by atoms with van der Waals surface area (Å²) in [6, 6.07) is 20.0. The van der Waals surface area contributed by atoms with E-state index in [1.54, 1.807) is 11.3 Å². The van der Waals surface area contributed by atoms with Gasteiger partial charge in [0.2, 0.25) is 0 Å². The van der Waals surface area contributed by atoms with Gasteiger partial charge in [-0.15, -0.1) is 11.3 Å². The van der Waals surface area contributed by atoms with Gasteiger partial charge in [0.15, 0.2) is 22.3 Å². The highest BCUT2D eigenvalue weighted by molar-refractivity contribution is 7.24. The van der Waals surface area contributed by atoms with Crippen LogP contribution in [0.25, 0.3) is 42.8 Å². The molecule has 5 aromatic rings. The number of H-pyrrole nitrogens is 1. The Morgan fingerprint density at radius 3 is 2.14 bits per heavy atom. The van der Waals surface area contributed by atoms with Gasteiger partial charge in [0.25, 0.3) is 0 Å². The van der Waals surface area contributed by atoms with Crippen LogP contribution in [-0.2, 0) is 0 Å². The molecule has 2 aromatic heterocycles. The number of aromatic amines is 1. The Kier molecular flexibility index (Phi) is 2.37. The van der Waals surface area contributed by atoms with Crippen LogP contribution in [0.1, 0.15) is 0 Å². The molecular formula is C18H11NO2S. The molecular weight excluding hydrogens is 294 g/mol.